The van der Waals surface area contributed by atoms with Crippen LogP contribution < -0.4 is 0 Å². The lowest BCUT2D eigenvalue weighted by atomic mass is 10.0. The van der Waals surface area contributed by atoms with Crippen LogP contribution in [0.1, 0.15) is 147 Å². The molecule has 230 valence electrons. The number of unbranched alkanes of at least 4 members (excludes halogenated alkanes) is 14. The Morgan fingerprint density at radius 2 is 1.00 bits per heavy atom. The fourth-order valence-electron chi connectivity index (χ4n) is 5.93. The predicted octanol–water partition coefficient (Wildman–Crippen LogP) is 14.9. The Morgan fingerprint density at radius 3 is 1.60 bits per heavy atom. The van der Waals surface area contributed by atoms with Crippen molar-refractivity contribution in [2.24, 2.45) is 0 Å². The van der Waals surface area contributed by atoms with Gasteiger partial charge in [-0.15, -0.1) is 45.3 Å². The minimum absolute atomic E-state index is 1.21. The van der Waals surface area contributed by atoms with Gasteiger partial charge < -0.3 is 0 Å². The normalized spacial score (nSPS) is 12.0. The number of thiophene rings is 4. The molecule has 4 heterocycles. The average molecular weight is 639 g/mol. The van der Waals surface area contributed by atoms with Crippen LogP contribution >= 0.6 is 45.3 Å². The van der Waals surface area contributed by atoms with Crippen LogP contribution in [0, 0.1) is 13.8 Å². The van der Waals surface area contributed by atoms with Crippen LogP contribution in [0.2, 0.25) is 0 Å². The molecule has 0 saturated carbocycles. The Labute approximate surface area is 273 Å². The second-order valence-corrected chi connectivity index (χ2v) is 17.0. The summed E-state index contributed by atoms with van der Waals surface area (Å²) < 4.78 is 2.91. The third kappa shape index (κ3) is 10.8. The molecule has 0 nitrogen and oxygen atoms in total. The minimum Gasteiger partial charge on any atom is -0.141 e. The monoisotopic (exact) mass is 638 g/mol. The van der Waals surface area contributed by atoms with Gasteiger partial charge in [-0.05, 0) is 87.1 Å². The van der Waals surface area contributed by atoms with Crippen molar-refractivity contribution < 1.29 is 0 Å². The van der Waals surface area contributed by atoms with Crippen molar-refractivity contribution in [3.8, 4) is 9.75 Å². The summed E-state index contributed by atoms with van der Waals surface area (Å²) in [7, 11) is 0. The van der Waals surface area contributed by atoms with Gasteiger partial charge in [0.1, 0.15) is 0 Å². The Kier molecular flexibility index (Phi) is 14.9. The van der Waals surface area contributed by atoms with Crippen molar-refractivity contribution in [2.75, 3.05) is 0 Å². The highest BCUT2D eigenvalue weighted by atomic mass is 32.1. The van der Waals surface area contributed by atoms with Gasteiger partial charge in [-0.3, -0.25) is 0 Å². The van der Waals surface area contributed by atoms with Gasteiger partial charge in [0.15, 0.2) is 0 Å². The van der Waals surface area contributed by atoms with Crippen LogP contribution in [0.25, 0.3) is 31.3 Å². The zero-order chi connectivity index (χ0) is 29.6. The molecule has 0 saturated heterocycles. The first-order valence-corrected chi connectivity index (χ1v) is 20.2. The molecule has 0 aromatic carbocycles. The molecule has 4 aromatic heterocycles. The first-order valence-electron chi connectivity index (χ1n) is 17.0. The van der Waals surface area contributed by atoms with Crippen LogP contribution in [0.15, 0.2) is 24.3 Å². The van der Waals surface area contributed by atoms with E-state index in [4.69, 9.17) is 0 Å². The fourth-order valence-corrected chi connectivity index (χ4v) is 10.5. The molecule has 0 N–H and O–H groups in total. The standard InChI is InChI=1S/C38H54S4/c1-5-7-9-11-13-15-17-19-21-31-26-33(40-30(31)4)23-24-34-27-32(22-20-18-16-14-12-10-8-6-2)38(41-34)37-28-36-35(42-37)25-29(3)39-36/h23-28H,5-22H2,1-4H3/b24-23+. The van der Waals surface area contributed by atoms with Crippen LogP contribution in [-0.2, 0) is 12.8 Å². The van der Waals surface area contributed by atoms with Gasteiger partial charge in [0.25, 0.3) is 0 Å². The summed E-state index contributed by atoms with van der Waals surface area (Å²) in [5.74, 6) is 0. The van der Waals surface area contributed by atoms with Crippen molar-refractivity contribution in [1.29, 1.82) is 0 Å². The second kappa shape index (κ2) is 18.6. The molecule has 4 rings (SSSR count). The molecule has 4 aromatic rings. The van der Waals surface area contributed by atoms with Crippen LogP contribution in [0.3, 0.4) is 0 Å². The largest absolute Gasteiger partial charge is 0.141 e. The zero-order valence-corrected chi connectivity index (χ0v) is 30.1. The quantitative estimate of drug-likeness (QED) is 0.0797. The van der Waals surface area contributed by atoms with Gasteiger partial charge >= 0.3 is 0 Å². The highest BCUT2D eigenvalue weighted by Crippen LogP contribution is 2.43. The zero-order valence-electron chi connectivity index (χ0n) is 26.8. The molecule has 42 heavy (non-hydrogen) atoms. The molecule has 0 aliphatic heterocycles. The van der Waals surface area contributed by atoms with Crippen LogP contribution in [0.4, 0.5) is 0 Å². The Morgan fingerprint density at radius 1 is 0.500 bits per heavy atom. The van der Waals surface area contributed by atoms with Crippen molar-refractivity contribution in [3.05, 3.63) is 54.9 Å². The highest BCUT2D eigenvalue weighted by molar-refractivity contribution is 7.31. The molecule has 0 atom stereocenters. The van der Waals surface area contributed by atoms with Gasteiger partial charge in [-0.2, -0.15) is 0 Å². The van der Waals surface area contributed by atoms with E-state index in [-0.39, 0.29) is 0 Å². The average Bonchev–Trinajstić information content (AvgIpc) is 3.73. The molecule has 0 unspecified atom stereocenters. The van der Waals surface area contributed by atoms with E-state index < -0.39 is 0 Å². The van der Waals surface area contributed by atoms with E-state index in [1.165, 1.54) is 154 Å². The van der Waals surface area contributed by atoms with E-state index in [0.29, 0.717) is 0 Å². The van der Waals surface area contributed by atoms with Crippen molar-refractivity contribution in [1.82, 2.24) is 0 Å². The van der Waals surface area contributed by atoms with Crippen molar-refractivity contribution in [3.63, 3.8) is 0 Å². The van der Waals surface area contributed by atoms with Gasteiger partial charge in [-0.1, -0.05) is 104 Å². The summed E-state index contributed by atoms with van der Waals surface area (Å²) in [5.41, 5.74) is 3.14. The van der Waals surface area contributed by atoms with Crippen LogP contribution in [-0.4, -0.2) is 0 Å². The maximum absolute atomic E-state index is 2.50. The fraction of sp³-hybridized carbons (Fsp3) is 0.579. The minimum atomic E-state index is 1.21. The van der Waals surface area contributed by atoms with E-state index in [1.54, 1.807) is 11.1 Å². The Bertz CT molecular complexity index is 1310. The topological polar surface area (TPSA) is 0 Å². The predicted molar refractivity (Wildman–Crippen MR) is 198 cm³/mol. The third-order valence-corrected chi connectivity index (χ3v) is 13.0. The first-order chi connectivity index (χ1) is 20.6. The lowest BCUT2D eigenvalue weighted by molar-refractivity contribution is 0.575. The molecule has 0 spiro atoms. The molecule has 0 bridgehead atoms. The molecule has 4 heteroatoms. The maximum atomic E-state index is 2.50. The molecule has 0 fully saturated rings. The number of hydrogen-bond acceptors (Lipinski definition) is 4. The summed E-state index contributed by atoms with van der Waals surface area (Å²) in [5, 5.41) is 0. The molecular formula is C38H54S4. The summed E-state index contributed by atoms with van der Waals surface area (Å²) in [6.45, 7) is 9.15. The molecular weight excluding hydrogens is 585 g/mol. The first kappa shape index (κ1) is 33.7. The van der Waals surface area contributed by atoms with Gasteiger partial charge in [0.2, 0.25) is 0 Å². The van der Waals surface area contributed by atoms with E-state index >= 15 is 0 Å². The molecule has 0 radical (unpaired) electrons. The van der Waals surface area contributed by atoms with E-state index in [9.17, 15) is 0 Å². The van der Waals surface area contributed by atoms with Gasteiger partial charge in [0.05, 0.1) is 0 Å². The number of fused-ring (bicyclic) bond motifs is 1. The van der Waals surface area contributed by atoms with Crippen molar-refractivity contribution >= 4 is 66.9 Å². The third-order valence-electron chi connectivity index (χ3n) is 8.43. The Hall–Kier alpha value is -1.20. The van der Waals surface area contributed by atoms with E-state index in [0.717, 1.165) is 0 Å². The van der Waals surface area contributed by atoms with Crippen molar-refractivity contribution in [2.45, 2.75) is 143 Å². The maximum Gasteiger partial charge on any atom is 0.0481 e. The number of rotatable bonds is 21. The summed E-state index contributed by atoms with van der Waals surface area (Å²) in [4.78, 5) is 8.73. The highest BCUT2D eigenvalue weighted by Gasteiger charge is 2.14. The Balaban J connectivity index is 1.35. The SMILES string of the molecule is CCCCCCCCCCc1cc(/C=C/c2cc(CCCCCCCCCC)c(-c3cc4sc(C)cc4s3)s2)sc1C. The molecule has 0 aliphatic rings. The number of hydrogen-bond donors (Lipinski definition) is 0. The van der Waals surface area contributed by atoms with E-state index in [1.807, 2.05) is 45.3 Å². The van der Waals surface area contributed by atoms with Gasteiger partial charge in [-0.25, -0.2) is 0 Å². The molecule has 0 aliphatic carbocycles. The number of aryl methyl sites for hydroxylation is 4. The lowest BCUT2D eigenvalue weighted by Crippen LogP contribution is -1.86. The summed E-state index contributed by atoms with van der Waals surface area (Å²) >= 11 is 7.90. The smallest absolute Gasteiger partial charge is 0.0481 e. The lowest BCUT2D eigenvalue weighted by Gasteiger charge is -2.03. The van der Waals surface area contributed by atoms with Crippen LogP contribution in [0.5, 0.6) is 0 Å². The summed E-state index contributed by atoms with van der Waals surface area (Å²) in [6.07, 6.45) is 29.4. The van der Waals surface area contributed by atoms with E-state index in [2.05, 4.69) is 64.1 Å². The second-order valence-electron chi connectivity index (χ2n) is 12.2. The van der Waals surface area contributed by atoms with Gasteiger partial charge in [0, 0.05) is 38.7 Å². The molecule has 0 amide bonds. The summed E-state index contributed by atoms with van der Waals surface area (Å²) in [6, 6.07) is 9.78.